The Hall–Kier alpha value is -1.06. The molecular formula is C11H17N3O4S2. The van der Waals surface area contributed by atoms with Gasteiger partial charge in [-0.1, -0.05) is 0 Å². The molecule has 0 aromatic carbocycles. The highest BCUT2D eigenvalue weighted by molar-refractivity contribution is 7.99. The Morgan fingerprint density at radius 1 is 1.65 bits per heavy atom. The number of esters is 1. The van der Waals surface area contributed by atoms with Crippen molar-refractivity contribution in [3.63, 3.8) is 0 Å². The van der Waals surface area contributed by atoms with Crippen LogP contribution >= 0.6 is 11.8 Å². The fraction of sp³-hybridized carbons (Fsp3) is 0.636. The van der Waals surface area contributed by atoms with E-state index in [1.165, 1.54) is 6.20 Å². The lowest BCUT2D eigenvalue weighted by atomic mass is 10.2. The van der Waals surface area contributed by atoms with Gasteiger partial charge in [0.05, 0.1) is 12.8 Å². The van der Waals surface area contributed by atoms with Crippen LogP contribution in [0.1, 0.15) is 30.1 Å². The van der Waals surface area contributed by atoms with Crippen LogP contribution in [0.4, 0.5) is 0 Å². The average Bonchev–Trinajstić information content (AvgIpc) is 2.90. The number of nitrogens with one attached hydrogen (secondary N) is 2. The third-order valence-electron chi connectivity index (χ3n) is 2.85. The molecule has 2 N–H and O–H groups in total. The smallest absolute Gasteiger partial charge is 0.342 e. The first-order valence-corrected chi connectivity index (χ1v) is 8.99. The number of ether oxygens (including phenoxy) is 1. The predicted molar refractivity (Wildman–Crippen MR) is 75.2 cm³/mol. The number of aromatic amines is 1. The number of nitrogens with zero attached hydrogens (tertiary/aromatic N) is 1. The predicted octanol–water partition coefficient (Wildman–Crippen LogP) is 0.760. The molecule has 9 heteroatoms. The largest absolute Gasteiger partial charge is 0.462 e. The number of rotatable bonds is 5. The van der Waals surface area contributed by atoms with Crippen LogP contribution in [0, 0.1) is 0 Å². The molecule has 1 unspecified atom stereocenters. The molecule has 7 nitrogen and oxygen atoms in total. The Balaban J connectivity index is 2.17. The van der Waals surface area contributed by atoms with Crippen LogP contribution in [-0.2, 0) is 14.8 Å². The third-order valence-corrected chi connectivity index (χ3v) is 5.56. The van der Waals surface area contributed by atoms with Gasteiger partial charge in [0.1, 0.15) is 5.56 Å². The molecule has 0 saturated carbocycles. The standard InChI is InChI=1S/C11H17N3O4S2/c1-2-18-11(15)9-6-12-13-10(9)20(16,17)14-8-4-3-5-19-7-8/h6,8,14H,2-5,7H2,1H3,(H,12,13). The molecule has 20 heavy (non-hydrogen) atoms. The van der Waals surface area contributed by atoms with Crippen molar-refractivity contribution in [2.45, 2.75) is 30.8 Å². The quantitative estimate of drug-likeness (QED) is 0.777. The van der Waals surface area contributed by atoms with Gasteiger partial charge in [-0.3, -0.25) is 5.10 Å². The maximum Gasteiger partial charge on any atom is 0.342 e. The summed E-state index contributed by atoms with van der Waals surface area (Å²) in [5.41, 5.74) is -0.0668. The van der Waals surface area contributed by atoms with Crippen molar-refractivity contribution in [2.75, 3.05) is 18.1 Å². The number of hydrogen-bond acceptors (Lipinski definition) is 6. The molecule has 1 saturated heterocycles. The Kier molecular flexibility index (Phi) is 5.06. The van der Waals surface area contributed by atoms with E-state index in [-0.39, 0.29) is 23.2 Å². The van der Waals surface area contributed by atoms with Crippen LogP contribution in [-0.4, -0.2) is 48.7 Å². The minimum absolute atomic E-state index is 0.0668. The zero-order chi connectivity index (χ0) is 14.6. The number of hydrogen-bond donors (Lipinski definition) is 2. The number of thioether (sulfide) groups is 1. The Bertz CT molecular complexity index is 564. The first-order valence-electron chi connectivity index (χ1n) is 6.35. The van der Waals surface area contributed by atoms with E-state index < -0.39 is 16.0 Å². The summed E-state index contributed by atoms with van der Waals surface area (Å²) in [6.07, 6.45) is 2.95. The molecule has 2 heterocycles. The van der Waals surface area contributed by atoms with Gasteiger partial charge in [-0.25, -0.2) is 17.9 Å². The zero-order valence-corrected chi connectivity index (χ0v) is 12.7. The SMILES string of the molecule is CCOC(=O)c1cn[nH]c1S(=O)(=O)NC1CCCSC1. The molecule has 0 radical (unpaired) electrons. The van der Waals surface area contributed by atoms with Crippen LogP contribution in [0.5, 0.6) is 0 Å². The van der Waals surface area contributed by atoms with E-state index in [2.05, 4.69) is 14.9 Å². The summed E-state index contributed by atoms with van der Waals surface area (Å²) in [5.74, 6) is 1.10. The topological polar surface area (TPSA) is 101 Å². The summed E-state index contributed by atoms with van der Waals surface area (Å²) in [6.45, 7) is 1.83. The maximum absolute atomic E-state index is 12.3. The lowest BCUT2D eigenvalue weighted by Crippen LogP contribution is -2.39. The van der Waals surface area contributed by atoms with Crippen molar-refractivity contribution in [3.8, 4) is 0 Å². The molecule has 1 aliphatic rings. The highest BCUT2D eigenvalue weighted by atomic mass is 32.2. The fourth-order valence-electron chi connectivity index (χ4n) is 1.95. The van der Waals surface area contributed by atoms with Gasteiger partial charge < -0.3 is 4.74 Å². The molecule has 1 aromatic rings. The van der Waals surface area contributed by atoms with Gasteiger partial charge in [0.2, 0.25) is 0 Å². The highest BCUT2D eigenvalue weighted by Crippen LogP contribution is 2.20. The molecule has 1 aliphatic heterocycles. The molecule has 112 valence electrons. The molecule has 0 amide bonds. The average molecular weight is 319 g/mol. The van der Waals surface area contributed by atoms with E-state index in [1.54, 1.807) is 18.7 Å². The second-order valence-corrected chi connectivity index (χ2v) is 7.17. The normalized spacial score (nSPS) is 19.8. The first kappa shape index (κ1) is 15.3. The van der Waals surface area contributed by atoms with Crippen LogP contribution in [0.15, 0.2) is 11.2 Å². The number of aromatic nitrogens is 2. The van der Waals surface area contributed by atoms with Crippen LogP contribution in [0.2, 0.25) is 0 Å². The molecule has 0 spiro atoms. The molecular weight excluding hydrogens is 302 g/mol. The molecule has 0 bridgehead atoms. The number of H-pyrrole nitrogens is 1. The van der Waals surface area contributed by atoms with E-state index in [1.807, 2.05) is 0 Å². The number of carbonyl (C=O) groups excluding carboxylic acids is 1. The third kappa shape index (κ3) is 3.53. The molecule has 0 aliphatic carbocycles. The van der Waals surface area contributed by atoms with Crippen molar-refractivity contribution < 1.29 is 17.9 Å². The summed E-state index contributed by atoms with van der Waals surface area (Å²) < 4.78 is 32.0. The van der Waals surface area contributed by atoms with Gasteiger partial charge in [-0.05, 0) is 25.5 Å². The van der Waals surface area contributed by atoms with E-state index in [9.17, 15) is 13.2 Å². The Morgan fingerprint density at radius 3 is 3.10 bits per heavy atom. The molecule has 1 fully saturated rings. The van der Waals surface area contributed by atoms with Gasteiger partial charge in [0, 0.05) is 11.8 Å². The monoisotopic (exact) mass is 319 g/mol. The van der Waals surface area contributed by atoms with Crippen molar-refractivity contribution in [3.05, 3.63) is 11.8 Å². The van der Waals surface area contributed by atoms with E-state index in [0.29, 0.717) is 0 Å². The minimum atomic E-state index is -3.79. The van der Waals surface area contributed by atoms with E-state index in [0.717, 1.165) is 24.3 Å². The van der Waals surface area contributed by atoms with Gasteiger partial charge in [-0.15, -0.1) is 0 Å². The van der Waals surface area contributed by atoms with Crippen molar-refractivity contribution in [1.82, 2.24) is 14.9 Å². The fourth-order valence-corrected chi connectivity index (χ4v) is 4.48. The lowest BCUT2D eigenvalue weighted by molar-refractivity contribution is 0.0522. The summed E-state index contributed by atoms with van der Waals surface area (Å²) in [4.78, 5) is 11.7. The number of carbonyl (C=O) groups is 1. The van der Waals surface area contributed by atoms with Crippen LogP contribution in [0.25, 0.3) is 0 Å². The van der Waals surface area contributed by atoms with Crippen LogP contribution < -0.4 is 4.72 Å². The van der Waals surface area contributed by atoms with Gasteiger partial charge in [0.25, 0.3) is 10.0 Å². The van der Waals surface area contributed by atoms with Gasteiger partial charge in [-0.2, -0.15) is 16.9 Å². The molecule has 1 aromatic heterocycles. The Morgan fingerprint density at radius 2 is 2.45 bits per heavy atom. The van der Waals surface area contributed by atoms with E-state index >= 15 is 0 Å². The van der Waals surface area contributed by atoms with E-state index in [4.69, 9.17) is 4.74 Å². The lowest BCUT2D eigenvalue weighted by Gasteiger charge is -2.22. The second-order valence-electron chi connectivity index (χ2n) is 4.37. The summed E-state index contributed by atoms with van der Waals surface area (Å²) in [5, 5.41) is 5.77. The van der Waals surface area contributed by atoms with Crippen LogP contribution in [0.3, 0.4) is 0 Å². The van der Waals surface area contributed by atoms with Gasteiger partial charge in [0.15, 0.2) is 5.03 Å². The van der Waals surface area contributed by atoms with Crippen molar-refractivity contribution >= 4 is 27.8 Å². The summed E-state index contributed by atoms with van der Waals surface area (Å²) >= 11 is 1.72. The number of sulfonamides is 1. The summed E-state index contributed by atoms with van der Waals surface area (Å²) in [6, 6.07) is -0.114. The maximum atomic E-state index is 12.3. The molecule has 2 rings (SSSR count). The second kappa shape index (κ2) is 6.59. The van der Waals surface area contributed by atoms with Crippen molar-refractivity contribution in [1.29, 1.82) is 0 Å². The van der Waals surface area contributed by atoms with Gasteiger partial charge >= 0.3 is 5.97 Å². The zero-order valence-electron chi connectivity index (χ0n) is 11.1. The molecule has 1 atom stereocenters. The highest BCUT2D eigenvalue weighted by Gasteiger charge is 2.28. The van der Waals surface area contributed by atoms with Crippen molar-refractivity contribution in [2.24, 2.45) is 0 Å². The Labute approximate surface area is 121 Å². The summed E-state index contributed by atoms with van der Waals surface area (Å²) in [7, 11) is -3.79. The minimum Gasteiger partial charge on any atom is -0.462 e. The first-order chi connectivity index (χ1) is 9.54.